The smallest absolute Gasteiger partial charge is 0.150 e. The van der Waals surface area contributed by atoms with Gasteiger partial charge < -0.3 is 4.90 Å². The van der Waals surface area contributed by atoms with E-state index in [-0.39, 0.29) is 0 Å². The Balaban J connectivity index is 2.06. The first-order valence-electron chi connectivity index (χ1n) is 4.82. The summed E-state index contributed by atoms with van der Waals surface area (Å²) in [5, 5.41) is 6.52. The molecule has 4 rings (SSSR count). The van der Waals surface area contributed by atoms with E-state index in [4.69, 9.17) is 0 Å². The quantitative estimate of drug-likeness (QED) is 0.610. The largest absolute Gasteiger partial charge is 0.311 e. The van der Waals surface area contributed by atoms with Crippen LogP contribution in [0.25, 0.3) is 6.08 Å². The summed E-state index contributed by atoms with van der Waals surface area (Å²) in [6, 6.07) is 6.50. The summed E-state index contributed by atoms with van der Waals surface area (Å²) in [6.07, 6.45) is 6.51. The van der Waals surface area contributed by atoms with E-state index in [9.17, 15) is 0 Å². The molecule has 0 bridgehead atoms. The van der Waals surface area contributed by atoms with E-state index >= 15 is 0 Å². The monoisotopic (exact) mass is 183 g/mol. The third-order valence-corrected chi connectivity index (χ3v) is 3.14. The van der Waals surface area contributed by atoms with E-state index in [2.05, 4.69) is 45.5 Å². The Morgan fingerprint density at radius 1 is 1.36 bits per heavy atom. The molecule has 0 radical (unpaired) electrons. The number of hydrogen-bond acceptors (Lipinski definition) is 3. The van der Waals surface area contributed by atoms with Gasteiger partial charge in [-0.05, 0) is 17.2 Å². The van der Waals surface area contributed by atoms with E-state index in [0.29, 0.717) is 6.17 Å². The molecular formula is C11H9N3. The molecule has 14 heavy (non-hydrogen) atoms. The van der Waals surface area contributed by atoms with E-state index < -0.39 is 0 Å². The predicted molar refractivity (Wildman–Crippen MR) is 54.1 cm³/mol. The number of nitrogens with zero attached hydrogens (tertiary/aromatic N) is 3. The SMILES string of the molecule is C1=CN2C=NN3Cc4cccc1c4C23. The van der Waals surface area contributed by atoms with E-state index in [0.717, 1.165) is 6.54 Å². The standard InChI is InChI=1S/C11H9N3/c1-2-8-4-5-13-7-12-14-6-9(3-1)10(8)11(13)14/h1-5,7,11H,6H2. The average Bonchev–Trinajstić information content (AvgIpc) is 2.75. The van der Waals surface area contributed by atoms with Crippen molar-refractivity contribution in [3.05, 3.63) is 41.1 Å². The third kappa shape index (κ3) is 0.596. The second kappa shape index (κ2) is 2.00. The Morgan fingerprint density at radius 3 is 3.36 bits per heavy atom. The summed E-state index contributed by atoms with van der Waals surface area (Å²) in [5.41, 5.74) is 4.20. The molecule has 1 aromatic carbocycles. The molecule has 3 nitrogen and oxygen atoms in total. The highest BCUT2D eigenvalue weighted by atomic mass is 15.6. The molecule has 0 saturated heterocycles. The summed E-state index contributed by atoms with van der Waals surface area (Å²) in [7, 11) is 0. The molecule has 0 aliphatic carbocycles. The van der Waals surface area contributed by atoms with Crippen molar-refractivity contribution in [1.82, 2.24) is 9.91 Å². The minimum Gasteiger partial charge on any atom is -0.311 e. The lowest BCUT2D eigenvalue weighted by Gasteiger charge is -2.26. The molecular weight excluding hydrogens is 174 g/mol. The zero-order valence-corrected chi connectivity index (χ0v) is 7.59. The zero-order valence-electron chi connectivity index (χ0n) is 7.59. The normalized spacial score (nSPS) is 24.7. The fraction of sp³-hybridized carbons (Fsp3) is 0.182. The highest BCUT2D eigenvalue weighted by Crippen LogP contribution is 2.43. The van der Waals surface area contributed by atoms with Crippen molar-refractivity contribution in [2.75, 3.05) is 0 Å². The van der Waals surface area contributed by atoms with Gasteiger partial charge in [0.2, 0.25) is 0 Å². The van der Waals surface area contributed by atoms with Crippen LogP contribution in [-0.4, -0.2) is 16.2 Å². The first-order valence-corrected chi connectivity index (χ1v) is 4.82. The predicted octanol–water partition coefficient (Wildman–Crippen LogP) is 1.74. The van der Waals surface area contributed by atoms with Crippen molar-refractivity contribution in [2.45, 2.75) is 12.7 Å². The molecule has 1 aromatic rings. The first-order chi connectivity index (χ1) is 6.93. The van der Waals surface area contributed by atoms with Crippen molar-refractivity contribution in [3.63, 3.8) is 0 Å². The number of hydrazone groups is 1. The molecule has 0 fully saturated rings. The number of rotatable bonds is 0. The Morgan fingerprint density at radius 2 is 2.36 bits per heavy atom. The topological polar surface area (TPSA) is 18.8 Å². The Hall–Kier alpha value is -1.77. The highest BCUT2D eigenvalue weighted by molar-refractivity contribution is 5.70. The van der Waals surface area contributed by atoms with Crippen LogP contribution in [0.3, 0.4) is 0 Å². The van der Waals surface area contributed by atoms with Gasteiger partial charge in [0.1, 0.15) is 12.5 Å². The molecule has 3 heterocycles. The van der Waals surface area contributed by atoms with E-state index in [1.165, 1.54) is 16.7 Å². The van der Waals surface area contributed by atoms with Crippen molar-refractivity contribution >= 4 is 12.4 Å². The maximum Gasteiger partial charge on any atom is 0.150 e. The minimum absolute atomic E-state index is 0.339. The van der Waals surface area contributed by atoms with Gasteiger partial charge in [0, 0.05) is 11.8 Å². The van der Waals surface area contributed by atoms with Gasteiger partial charge in [-0.3, -0.25) is 5.01 Å². The summed E-state index contributed by atoms with van der Waals surface area (Å²) >= 11 is 0. The van der Waals surface area contributed by atoms with Crippen molar-refractivity contribution in [2.24, 2.45) is 5.10 Å². The van der Waals surface area contributed by atoms with Gasteiger partial charge in [-0.2, -0.15) is 5.10 Å². The van der Waals surface area contributed by atoms with Crippen LogP contribution < -0.4 is 0 Å². The van der Waals surface area contributed by atoms with Crippen LogP contribution in [0, 0.1) is 0 Å². The van der Waals surface area contributed by atoms with Crippen LogP contribution in [0.5, 0.6) is 0 Å². The van der Waals surface area contributed by atoms with Gasteiger partial charge in [-0.1, -0.05) is 18.2 Å². The van der Waals surface area contributed by atoms with Crippen molar-refractivity contribution < 1.29 is 0 Å². The van der Waals surface area contributed by atoms with Gasteiger partial charge in [0.25, 0.3) is 0 Å². The first kappa shape index (κ1) is 6.65. The molecule has 0 aromatic heterocycles. The minimum atomic E-state index is 0.339. The van der Waals surface area contributed by atoms with Gasteiger partial charge >= 0.3 is 0 Å². The summed E-state index contributed by atoms with van der Waals surface area (Å²) in [6.45, 7) is 0.947. The number of benzene rings is 1. The Bertz CT molecular complexity index is 475. The van der Waals surface area contributed by atoms with Crippen LogP contribution in [0.1, 0.15) is 22.9 Å². The van der Waals surface area contributed by atoms with Gasteiger partial charge in [-0.15, -0.1) is 0 Å². The van der Waals surface area contributed by atoms with Gasteiger partial charge in [0.05, 0.1) is 6.54 Å². The molecule has 3 heteroatoms. The Labute approximate surface area is 81.9 Å². The second-order valence-electron chi connectivity index (χ2n) is 3.89. The van der Waals surface area contributed by atoms with Crippen LogP contribution in [0.4, 0.5) is 0 Å². The molecule has 1 unspecified atom stereocenters. The van der Waals surface area contributed by atoms with Crippen LogP contribution >= 0.6 is 0 Å². The molecule has 0 amide bonds. The zero-order chi connectivity index (χ0) is 9.12. The molecule has 3 aliphatic rings. The lowest BCUT2D eigenvalue weighted by molar-refractivity contribution is 0.177. The second-order valence-corrected chi connectivity index (χ2v) is 3.89. The molecule has 0 saturated carbocycles. The van der Waals surface area contributed by atoms with Crippen LogP contribution in [0.2, 0.25) is 0 Å². The highest BCUT2D eigenvalue weighted by Gasteiger charge is 2.38. The van der Waals surface area contributed by atoms with Crippen molar-refractivity contribution in [1.29, 1.82) is 0 Å². The molecule has 0 spiro atoms. The van der Waals surface area contributed by atoms with Gasteiger partial charge in [-0.25, -0.2) is 0 Å². The lowest BCUT2D eigenvalue weighted by atomic mass is 9.99. The maximum absolute atomic E-state index is 4.38. The summed E-state index contributed by atoms with van der Waals surface area (Å²) < 4.78 is 0. The van der Waals surface area contributed by atoms with Gasteiger partial charge in [0.15, 0.2) is 0 Å². The maximum atomic E-state index is 4.38. The molecule has 68 valence electrons. The number of hydrogen-bond donors (Lipinski definition) is 0. The lowest BCUT2D eigenvalue weighted by Crippen LogP contribution is -2.25. The fourth-order valence-electron chi connectivity index (χ4n) is 2.52. The molecule has 0 N–H and O–H groups in total. The fourth-order valence-corrected chi connectivity index (χ4v) is 2.52. The summed E-state index contributed by atoms with van der Waals surface area (Å²) in [5.74, 6) is 0. The van der Waals surface area contributed by atoms with Crippen LogP contribution in [0.15, 0.2) is 29.5 Å². The van der Waals surface area contributed by atoms with E-state index in [1.54, 1.807) is 0 Å². The van der Waals surface area contributed by atoms with Crippen LogP contribution in [-0.2, 0) is 6.54 Å². The molecule has 1 atom stereocenters. The van der Waals surface area contributed by atoms with E-state index in [1.807, 2.05) is 6.34 Å². The Kier molecular flexibility index (Phi) is 0.951. The molecule has 3 aliphatic heterocycles. The average molecular weight is 183 g/mol. The summed E-state index contributed by atoms with van der Waals surface area (Å²) in [4.78, 5) is 2.17. The van der Waals surface area contributed by atoms with Crippen molar-refractivity contribution in [3.8, 4) is 0 Å². The third-order valence-electron chi connectivity index (χ3n) is 3.14.